The van der Waals surface area contributed by atoms with Crippen LogP contribution in [0.2, 0.25) is 0 Å². The zero-order chi connectivity index (χ0) is 12.3. The van der Waals surface area contributed by atoms with E-state index in [2.05, 4.69) is 23.6 Å². The summed E-state index contributed by atoms with van der Waals surface area (Å²) < 4.78 is 0. The van der Waals surface area contributed by atoms with Crippen LogP contribution in [0.25, 0.3) is 0 Å². The molecule has 2 atom stereocenters. The van der Waals surface area contributed by atoms with Gasteiger partial charge < -0.3 is 5.73 Å². The van der Waals surface area contributed by atoms with E-state index in [9.17, 15) is 0 Å². The van der Waals surface area contributed by atoms with E-state index in [0.29, 0.717) is 6.04 Å². The van der Waals surface area contributed by atoms with E-state index in [0.717, 1.165) is 18.5 Å². The summed E-state index contributed by atoms with van der Waals surface area (Å²) in [6, 6.07) is 1.54. The molecule has 2 unspecified atom stereocenters. The average molecular weight is 239 g/mol. The van der Waals surface area contributed by atoms with Crippen LogP contribution in [-0.4, -0.2) is 54.6 Å². The molecule has 17 heavy (non-hydrogen) atoms. The molecule has 0 aromatic rings. The molecule has 2 rings (SSSR count). The van der Waals surface area contributed by atoms with Gasteiger partial charge in [-0.05, 0) is 25.2 Å². The molecule has 100 valence electrons. The molecule has 0 aromatic heterocycles. The van der Waals surface area contributed by atoms with Crippen LogP contribution >= 0.6 is 0 Å². The number of rotatable bonds is 6. The molecule has 0 bridgehead atoms. The first kappa shape index (κ1) is 13.3. The quantitative estimate of drug-likeness (QED) is 0.763. The normalized spacial score (nSPS) is 27.0. The lowest BCUT2D eigenvalue weighted by molar-refractivity contribution is 0.0704. The zero-order valence-corrected chi connectivity index (χ0v) is 11.6. The van der Waals surface area contributed by atoms with E-state index >= 15 is 0 Å². The Labute approximate surface area is 106 Å². The maximum Gasteiger partial charge on any atom is 0.0245 e. The fourth-order valence-corrected chi connectivity index (χ4v) is 3.26. The molecule has 0 amide bonds. The Kier molecular flexibility index (Phi) is 4.83. The summed E-state index contributed by atoms with van der Waals surface area (Å²) in [6.45, 7) is 10.5. The van der Waals surface area contributed by atoms with Crippen molar-refractivity contribution in [3.05, 3.63) is 0 Å². The fraction of sp³-hybridized carbons (Fsp3) is 1.00. The fourth-order valence-electron chi connectivity index (χ4n) is 3.26. The Balaban J connectivity index is 1.80. The lowest BCUT2D eigenvalue weighted by Crippen LogP contribution is -2.54. The van der Waals surface area contributed by atoms with Crippen LogP contribution in [0.15, 0.2) is 0 Å². The maximum absolute atomic E-state index is 5.99. The van der Waals surface area contributed by atoms with Gasteiger partial charge in [0.05, 0.1) is 0 Å². The first-order chi connectivity index (χ1) is 8.26. The Hall–Kier alpha value is -0.120. The number of nitrogens with two attached hydrogens (primary N) is 1. The van der Waals surface area contributed by atoms with Gasteiger partial charge in [0.15, 0.2) is 0 Å². The van der Waals surface area contributed by atoms with Gasteiger partial charge in [0.2, 0.25) is 0 Å². The van der Waals surface area contributed by atoms with Gasteiger partial charge in [0.1, 0.15) is 0 Å². The molecule has 0 aromatic carbocycles. The van der Waals surface area contributed by atoms with Crippen LogP contribution in [0, 0.1) is 5.92 Å². The monoisotopic (exact) mass is 239 g/mol. The highest BCUT2D eigenvalue weighted by Gasteiger charge is 2.33. The highest BCUT2D eigenvalue weighted by molar-refractivity contribution is 4.89. The van der Waals surface area contributed by atoms with Gasteiger partial charge in [0, 0.05) is 44.8 Å². The number of piperazine rings is 1. The van der Waals surface area contributed by atoms with Gasteiger partial charge in [0.25, 0.3) is 0 Å². The molecule has 1 aliphatic heterocycles. The van der Waals surface area contributed by atoms with Crippen molar-refractivity contribution in [2.24, 2.45) is 11.7 Å². The second-order valence-corrected chi connectivity index (χ2v) is 5.87. The Morgan fingerprint density at radius 1 is 1.18 bits per heavy atom. The second kappa shape index (κ2) is 6.17. The van der Waals surface area contributed by atoms with E-state index in [1.54, 1.807) is 0 Å². The molecule has 1 saturated heterocycles. The van der Waals surface area contributed by atoms with Crippen LogP contribution in [0.4, 0.5) is 0 Å². The topological polar surface area (TPSA) is 32.5 Å². The summed E-state index contributed by atoms with van der Waals surface area (Å²) >= 11 is 0. The lowest BCUT2D eigenvalue weighted by atomic mass is 9.95. The highest BCUT2D eigenvalue weighted by atomic mass is 15.3. The summed E-state index contributed by atoms with van der Waals surface area (Å²) in [4.78, 5) is 5.31. The Morgan fingerprint density at radius 3 is 2.29 bits per heavy atom. The van der Waals surface area contributed by atoms with Crippen molar-refractivity contribution in [2.45, 2.75) is 51.6 Å². The van der Waals surface area contributed by atoms with E-state index in [1.807, 2.05) is 0 Å². The minimum atomic E-state index is 0.608. The first-order valence-corrected chi connectivity index (χ1v) is 7.44. The van der Waals surface area contributed by atoms with Crippen LogP contribution in [0.3, 0.4) is 0 Å². The molecule has 1 heterocycles. The lowest BCUT2D eigenvalue weighted by Gasteiger charge is -2.41. The molecule has 1 saturated carbocycles. The molecule has 3 nitrogen and oxygen atoms in total. The molecule has 3 heteroatoms. The van der Waals surface area contributed by atoms with Crippen molar-refractivity contribution < 1.29 is 0 Å². The van der Waals surface area contributed by atoms with Gasteiger partial charge in [-0.1, -0.05) is 20.3 Å². The molecule has 0 radical (unpaired) electrons. The zero-order valence-electron chi connectivity index (χ0n) is 11.6. The molecule has 1 aliphatic carbocycles. The average Bonchev–Trinajstić information content (AvgIpc) is 3.15. The highest BCUT2D eigenvalue weighted by Crippen LogP contribution is 2.28. The SMILES string of the molecule is CCCC(C)C(CN)N1CCN(C2CC2)CC1. The van der Waals surface area contributed by atoms with E-state index in [-0.39, 0.29) is 0 Å². The van der Waals surface area contributed by atoms with Gasteiger partial charge in [-0.15, -0.1) is 0 Å². The van der Waals surface area contributed by atoms with E-state index < -0.39 is 0 Å². The maximum atomic E-state index is 5.99. The van der Waals surface area contributed by atoms with Crippen molar-refractivity contribution in [3.63, 3.8) is 0 Å². The van der Waals surface area contributed by atoms with Crippen LogP contribution in [-0.2, 0) is 0 Å². The minimum absolute atomic E-state index is 0.608. The van der Waals surface area contributed by atoms with Crippen molar-refractivity contribution >= 4 is 0 Å². The van der Waals surface area contributed by atoms with Gasteiger partial charge in [-0.2, -0.15) is 0 Å². The third-order valence-corrected chi connectivity index (χ3v) is 4.52. The molecule has 2 aliphatic rings. The number of hydrogen-bond donors (Lipinski definition) is 1. The van der Waals surface area contributed by atoms with Crippen molar-refractivity contribution in [2.75, 3.05) is 32.7 Å². The van der Waals surface area contributed by atoms with Crippen molar-refractivity contribution in [1.82, 2.24) is 9.80 Å². The van der Waals surface area contributed by atoms with E-state index in [4.69, 9.17) is 5.73 Å². The van der Waals surface area contributed by atoms with E-state index in [1.165, 1.54) is 51.9 Å². The first-order valence-electron chi connectivity index (χ1n) is 7.44. The van der Waals surface area contributed by atoms with Gasteiger partial charge in [-0.3, -0.25) is 9.80 Å². The summed E-state index contributed by atoms with van der Waals surface area (Å²) in [5, 5.41) is 0. The van der Waals surface area contributed by atoms with Gasteiger partial charge in [-0.25, -0.2) is 0 Å². The molecular weight excluding hydrogens is 210 g/mol. The largest absolute Gasteiger partial charge is 0.329 e. The Bertz CT molecular complexity index is 220. The predicted molar refractivity (Wildman–Crippen MR) is 73.1 cm³/mol. The molecular formula is C14H29N3. The van der Waals surface area contributed by atoms with Gasteiger partial charge >= 0.3 is 0 Å². The van der Waals surface area contributed by atoms with Crippen molar-refractivity contribution in [3.8, 4) is 0 Å². The number of hydrogen-bond acceptors (Lipinski definition) is 3. The summed E-state index contributed by atoms with van der Waals surface area (Å²) in [5.74, 6) is 0.748. The smallest absolute Gasteiger partial charge is 0.0245 e. The summed E-state index contributed by atoms with van der Waals surface area (Å²) in [5.41, 5.74) is 5.99. The Morgan fingerprint density at radius 2 is 1.82 bits per heavy atom. The summed E-state index contributed by atoms with van der Waals surface area (Å²) in [7, 11) is 0. The predicted octanol–water partition coefficient (Wildman–Crippen LogP) is 1.53. The van der Waals surface area contributed by atoms with Crippen molar-refractivity contribution in [1.29, 1.82) is 0 Å². The minimum Gasteiger partial charge on any atom is -0.329 e. The summed E-state index contributed by atoms with van der Waals surface area (Å²) in [6.07, 6.45) is 5.46. The number of nitrogens with zero attached hydrogens (tertiary/aromatic N) is 2. The standard InChI is InChI=1S/C14H29N3/c1-3-4-12(2)14(11-15)17-9-7-16(8-10-17)13-5-6-13/h12-14H,3-11,15H2,1-2H3. The molecule has 0 spiro atoms. The third kappa shape index (κ3) is 3.43. The third-order valence-electron chi connectivity index (χ3n) is 4.52. The molecule has 2 N–H and O–H groups in total. The molecule has 2 fully saturated rings. The second-order valence-electron chi connectivity index (χ2n) is 5.87. The van der Waals surface area contributed by atoms with Crippen LogP contribution in [0.5, 0.6) is 0 Å². The van der Waals surface area contributed by atoms with Crippen LogP contribution in [0.1, 0.15) is 39.5 Å². The van der Waals surface area contributed by atoms with Crippen LogP contribution < -0.4 is 5.73 Å².